The molecule has 35 heavy (non-hydrogen) atoms. The van der Waals surface area contributed by atoms with Crippen LogP contribution in [-0.4, -0.2) is 45.9 Å². The smallest absolute Gasteiger partial charge is 0.341 e. The quantitative estimate of drug-likeness (QED) is 0.305. The summed E-state index contributed by atoms with van der Waals surface area (Å²) in [5.74, 6) is -2.08. The van der Waals surface area contributed by atoms with E-state index in [4.69, 9.17) is 11.6 Å². The monoisotopic (exact) mass is 498 g/mol. The zero-order valence-electron chi connectivity index (χ0n) is 18.4. The SMILES string of the molecule is O=C(O)c1cn(C2CC2)c2c(Cl)c(N3CCC(N=Cc4ccccc4[N+](=O)[O-])C3)c(F)cc2c1=O. The van der Waals surface area contributed by atoms with Gasteiger partial charge in [0.25, 0.3) is 5.69 Å². The highest BCUT2D eigenvalue weighted by Gasteiger charge is 2.32. The Morgan fingerprint density at radius 3 is 2.71 bits per heavy atom. The molecule has 1 aliphatic carbocycles. The molecule has 2 fully saturated rings. The highest BCUT2D eigenvalue weighted by molar-refractivity contribution is 6.38. The summed E-state index contributed by atoms with van der Waals surface area (Å²) < 4.78 is 17.0. The Morgan fingerprint density at radius 1 is 1.29 bits per heavy atom. The van der Waals surface area contributed by atoms with Crippen LogP contribution in [0.2, 0.25) is 5.02 Å². The van der Waals surface area contributed by atoms with Crippen molar-refractivity contribution in [1.82, 2.24) is 4.57 Å². The fourth-order valence-electron chi connectivity index (χ4n) is 4.53. The van der Waals surface area contributed by atoms with E-state index >= 15 is 4.39 Å². The number of carboxylic acid groups (broad SMARTS) is 1. The number of carboxylic acids is 1. The van der Waals surface area contributed by atoms with Crippen molar-refractivity contribution in [2.24, 2.45) is 4.99 Å². The molecule has 2 aromatic carbocycles. The lowest BCUT2D eigenvalue weighted by Crippen LogP contribution is -2.24. The van der Waals surface area contributed by atoms with E-state index in [0.717, 1.165) is 18.9 Å². The molecule has 1 saturated heterocycles. The minimum Gasteiger partial charge on any atom is -0.477 e. The highest BCUT2D eigenvalue weighted by Crippen LogP contribution is 2.42. The van der Waals surface area contributed by atoms with Crippen molar-refractivity contribution in [2.45, 2.75) is 31.3 Å². The number of aliphatic imine (C=N–C) groups is 1. The summed E-state index contributed by atoms with van der Waals surface area (Å²) >= 11 is 6.68. The standard InChI is InChI=1S/C24H20ClFN4O5/c25-20-21-16(23(31)17(24(32)33)12-29(21)15-5-6-15)9-18(26)22(20)28-8-7-14(11-28)27-10-13-3-1-2-4-19(13)30(34)35/h1-4,9-10,12,14-15H,5-8,11H2,(H,32,33). The minimum absolute atomic E-state index is 0.00426. The van der Waals surface area contributed by atoms with Gasteiger partial charge < -0.3 is 14.6 Å². The zero-order chi connectivity index (χ0) is 24.9. The molecule has 1 unspecified atom stereocenters. The summed E-state index contributed by atoms with van der Waals surface area (Å²) in [7, 11) is 0. The molecular weight excluding hydrogens is 479 g/mol. The molecule has 0 spiro atoms. The summed E-state index contributed by atoms with van der Waals surface area (Å²) in [6.45, 7) is 0.780. The first-order chi connectivity index (χ1) is 16.8. The van der Waals surface area contributed by atoms with Crippen molar-refractivity contribution in [1.29, 1.82) is 0 Å². The van der Waals surface area contributed by atoms with Gasteiger partial charge in [-0.15, -0.1) is 0 Å². The van der Waals surface area contributed by atoms with Gasteiger partial charge in [-0.05, 0) is 31.4 Å². The van der Waals surface area contributed by atoms with E-state index in [9.17, 15) is 24.8 Å². The molecule has 2 heterocycles. The third kappa shape index (κ3) is 4.14. The number of nitro benzene ring substituents is 1. The van der Waals surface area contributed by atoms with Gasteiger partial charge in [-0.2, -0.15) is 0 Å². The van der Waals surface area contributed by atoms with E-state index in [0.29, 0.717) is 30.6 Å². The number of hydrogen-bond acceptors (Lipinski definition) is 6. The van der Waals surface area contributed by atoms with Gasteiger partial charge >= 0.3 is 5.97 Å². The van der Waals surface area contributed by atoms with Crippen LogP contribution in [-0.2, 0) is 0 Å². The third-order valence-electron chi connectivity index (χ3n) is 6.39. The third-order valence-corrected chi connectivity index (χ3v) is 6.75. The molecule has 2 aliphatic rings. The molecule has 3 aromatic rings. The normalized spacial score (nSPS) is 18.0. The number of aromatic nitrogens is 1. The molecule has 180 valence electrons. The van der Waals surface area contributed by atoms with Crippen LogP contribution in [0.1, 0.15) is 41.2 Å². The Balaban J connectivity index is 1.50. The first-order valence-corrected chi connectivity index (χ1v) is 11.5. The van der Waals surface area contributed by atoms with Crippen LogP contribution in [0, 0.1) is 15.9 Å². The van der Waals surface area contributed by atoms with Crippen molar-refractivity contribution in [2.75, 3.05) is 18.0 Å². The average Bonchev–Trinajstić information content (AvgIpc) is 3.56. The van der Waals surface area contributed by atoms with Crippen LogP contribution in [0.25, 0.3) is 10.9 Å². The first kappa shape index (κ1) is 23.0. The predicted molar refractivity (Wildman–Crippen MR) is 130 cm³/mol. The number of nitrogens with zero attached hydrogens (tertiary/aromatic N) is 4. The van der Waals surface area contributed by atoms with Crippen LogP contribution in [0.4, 0.5) is 15.8 Å². The number of aromatic carboxylic acids is 1. The van der Waals surface area contributed by atoms with Crippen LogP contribution < -0.4 is 10.3 Å². The van der Waals surface area contributed by atoms with E-state index in [1.807, 2.05) is 0 Å². The number of para-hydroxylation sites is 1. The number of rotatable bonds is 6. The topological polar surface area (TPSA) is 118 Å². The van der Waals surface area contributed by atoms with Crippen molar-refractivity contribution < 1.29 is 19.2 Å². The van der Waals surface area contributed by atoms with Gasteiger partial charge in [0.1, 0.15) is 11.4 Å². The van der Waals surface area contributed by atoms with Crippen LogP contribution in [0.5, 0.6) is 0 Å². The largest absolute Gasteiger partial charge is 0.477 e. The number of benzene rings is 2. The first-order valence-electron chi connectivity index (χ1n) is 11.1. The number of hydrogen-bond donors (Lipinski definition) is 1. The van der Waals surface area contributed by atoms with Gasteiger partial charge in [-0.25, -0.2) is 9.18 Å². The Bertz CT molecular complexity index is 1470. The molecular formula is C24H20ClFN4O5. The highest BCUT2D eigenvalue weighted by atomic mass is 35.5. The molecule has 5 rings (SSSR count). The van der Waals surface area contributed by atoms with E-state index in [1.165, 1.54) is 18.5 Å². The van der Waals surface area contributed by atoms with E-state index < -0.39 is 27.7 Å². The zero-order valence-corrected chi connectivity index (χ0v) is 19.1. The second-order valence-corrected chi connectivity index (χ2v) is 9.09. The molecule has 1 aromatic heterocycles. The van der Waals surface area contributed by atoms with Crippen LogP contribution >= 0.6 is 11.6 Å². The molecule has 1 atom stereocenters. The second-order valence-electron chi connectivity index (χ2n) is 8.72. The molecule has 1 saturated carbocycles. The fraction of sp³-hybridized carbons (Fsp3) is 0.292. The maximum absolute atomic E-state index is 15.3. The van der Waals surface area contributed by atoms with Gasteiger partial charge in [0, 0.05) is 37.6 Å². The molecule has 9 nitrogen and oxygen atoms in total. The lowest BCUT2D eigenvalue weighted by atomic mass is 10.1. The van der Waals surface area contributed by atoms with E-state index in [1.54, 1.807) is 27.7 Å². The molecule has 0 bridgehead atoms. The number of halogens is 2. The summed E-state index contributed by atoms with van der Waals surface area (Å²) in [4.78, 5) is 41.3. The Morgan fingerprint density at radius 2 is 2.03 bits per heavy atom. The number of fused-ring (bicyclic) bond motifs is 1. The molecule has 0 amide bonds. The van der Waals surface area contributed by atoms with Crippen LogP contribution in [0.3, 0.4) is 0 Å². The lowest BCUT2D eigenvalue weighted by molar-refractivity contribution is -0.385. The van der Waals surface area contributed by atoms with Crippen molar-refractivity contribution in [3.63, 3.8) is 0 Å². The van der Waals surface area contributed by atoms with Gasteiger partial charge in [0.05, 0.1) is 38.1 Å². The van der Waals surface area contributed by atoms with E-state index in [2.05, 4.69) is 4.99 Å². The Labute approximate surface area is 203 Å². The van der Waals surface area contributed by atoms with Crippen molar-refractivity contribution in [3.05, 3.63) is 78.8 Å². The Kier molecular flexibility index (Phi) is 5.76. The maximum Gasteiger partial charge on any atom is 0.341 e. The number of pyridine rings is 1. The number of anilines is 1. The van der Waals surface area contributed by atoms with Gasteiger partial charge in [-0.1, -0.05) is 23.7 Å². The predicted octanol–water partition coefficient (Wildman–Crippen LogP) is 4.43. The van der Waals surface area contributed by atoms with Crippen molar-refractivity contribution in [3.8, 4) is 0 Å². The van der Waals surface area contributed by atoms with Gasteiger partial charge in [0.2, 0.25) is 5.43 Å². The summed E-state index contributed by atoms with van der Waals surface area (Å²) in [5, 5.41) is 20.6. The summed E-state index contributed by atoms with van der Waals surface area (Å²) in [6.07, 6.45) is 4.96. The molecule has 1 N–H and O–H groups in total. The van der Waals surface area contributed by atoms with E-state index in [-0.39, 0.29) is 33.9 Å². The summed E-state index contributed by atoms with van der Waals surface area (Å²) in [5.41, 5.74) is -0.391. The van der Waals surface area contributed by atoms with Gasteiger partial charge in [-0.3, -0.25) is 19.9 Å². The van der Waals surface area contributed by atoms with Crippen LogP contribution in [0.15, 0.2) is 46.3 Å². The van der Waals surface area contributed by atoms with Gasteiger partial charge in [0.15, 0.2) is 0 Å². The molecule has 1 aliphatic heterocycles. The van der Waals surface area contributed by atoms with Crippen molar-refractivity contribution >= 4 is 46.1 Å². The maximum atomic E-state index is 15.3. The number of nitro groups is 1. The minimum atomic E-state index is -1.37. The molecule has 0 radical (unpaired) electrons. The lowest BCUT2D eigenvalue weighted by Gasteiger charge is -2.23. The number of carbonyl (C=O) groups is 1. The second kappa shape index (κ2) is 8.77. The average molecular weight is 499 g/mol. The molecule has 11 heteroatoms. The fourth-order valence-corrected chi connectivity index (χ4v) is 4.94. The summed E-state index contributed by atoms with van der Waals surface area (Å²) in [6, 6.07) is 7.12. The Hall–Kier alpha value is -3.79.